The van der Waals surface area contributed by atoms with E-state index in [-0.39, 0.29) is 5.91 Å². The van der Waals surface area contributed by atoms with E-state index in [0.29, 0.717) is 37.3 Å². The highest BCUT2D eigenvalue weighted by molar-refractivity contribution is 7.92. The third kappa shape index (κ3) is 5.36. The molecule has 0 spiro atoms. The number of hydrogen-bond donors (Lipinski definition) is 0. The summed E-state index contributed by atoms with van der Waals surface area (Å²) >= 11 is 0. The summed E-state index contributed by atoms with van der Waals surface area (Å²) in [4.78, 5) is 29.5. The molecular weight excluding hydrogens is 442 g/mol. The lowest BCUT2D eigenvalue weighted by molar-refractivity contribution is -0.141. The van der Waals surface area contributed by atoms with Crippen LogP contribution >= 0.6 is 0 Å². The lowest BCUT2D eigenvalue weighted by Crippen LogP contribution is -2.51. The molecule has 2 aliphatic heterocycles. The van der Waals surface area contributed by atoms with E-state index in [1.165, 1.54) is 16.1 Å². The molecule has 2 aliphatic rings. The maximum Gasteiger partial charge on any atom is 0.338 e. The average Bonchev–Trinajstić information content (AvgIpc) is 3.23. The second-order valence-electron chi connectivity index (χ2n) is 8.56. The van der Waals surface area contributed by atoms with Gasteiger partial charge >= 0.3 is 5.97 Å². The Hall–Kier alpha value is -2.91. The summed E-state index contributed by atoms with van der Waals surface area (Å²) < 4.78 is 30.6. The zero-order chi connectivity index (χ0) is 23.6. The van der Waals surface area contributed by atoms with Gasteiger partial charge in [-0.1, -0.05) is 30.3 Å². The predicted octanol–water partition coefficient (Wildman–Crippen LogP) is 1.90. The molecule has 1 atom stereocenters. The van der Waals surface area contributed by atoms with Gasteiger partial charge in [0.2, 0.25) is 10.0 Å². The molecule has 0 aromatic heterocycles. The van der Waals surface area contributed by atoms with Crippen molar-refractivity contribution in [1.82, 2.24) is 9.80 Å². The van der Waals surface area contributed by atoms with Crippen LogP contribution in [0.5, 0.6) is 0 Å². The molecule has 176 valence electrons. The molecule has 9 heteroatoms. The fourth-order valence-electron chi connectivity index (χ4n) is 4.35. The number of nitrogens with zero attached hydrogens (tertiary/aromatic N) is 3. The first-order valence-corrected chi connectivity index (χ1v) is 12.9. The minimum Gasteiger partial charge on any atom is -0.449 e. The average molecular weight is 472 g/mol. The van der Waals surface area contributed by atoms with Gasteiger partial charge < -0.3 is 9.64 Å². The van der Waals surface area contributed by atoms with Gasteiger partial charge in [-0.25, -0.2) is 13.2 Å². The number of ether oxygens (including phenoxy) is 1. The first-order valence-electron chi connectivity index (χ1n) is 11.1. The van der Waals surface area contributed by atoms with Crippen LogP contribution in [0.2, 0.25) is 0 Å². The van der Waals surface area contributed by atoms with Crippen LogP contribution in [0.15, 0.2) is 48.5 Å². The Morgan fingerprint density at radius 1 is 1.00 bits per heavy atom. The summed E-state index contributed by atoms with van der Waals surface area (Å²) in [6.45, 7) is 5.52. The summed E-state index contributed by atoms with van der Waals surface area (Å²) in [5.74, 6) is -0.786. The van der Waals surface area contributed by atoms with Crippen LogP contribution in [0, 0.1) is 0 Å². The van der Waals surface area contributed by atoms with Crippen LogP contribution in [-0.2, 0) is 32.5 Å². The standard InChI is InChI=1S/C24H29N3O5S/c1-18(23(28)26-14-12-25(13-15-26)17-19-6-4-3-5-7-19)32-24(29)21-8-9-22-20(16-21)10-11-27(22)33(2,30)31/h3-9,16,18H,10-15,17H2,1-2H3. The molecule has 8 nitrogen and oxygen atoms in total. The van der Waals surface area contributed by atoms with E-state index in [9.17, 15) is 18.0 Å². The number of carbonyl (C=O) groups is 2. The number of rotatable bonds is 6. The van der Waals surface area contributed by atoms with Gasteiger partial charge in [0.1, 0.15) is 0 Å². The molecule has 1 unspecified atom stereocenters. The van der Waals surface area contributed by atoms with Crippen molar-refractivity contribution in [2.24, 2.45) is 0 Å². The molecule has 1 amide bonds. The quantitative estimate of drug-likeness (QED) is 0.598. The third-order valence-electron chi connectivity index (χ3n) is 6.13. The van der Waals surface area contributed by atoms with E-state index >= 15 is 0 Å². The normalized spacial score (nSPS) is 17.5. The summed E-state index contributed by atoms with van der Waals surface area (Å²) in [6, 6.07) is 15.1. The third-order valence-corrected chi connectivity index (χ3v) is 7.31. The summed E-state index contributed by atoms with van der Waals surface area (Å²) in [5.41, 5.74) is 2.93. The molecule has 2 heterocycles. The van der Waals surface area contributed by atoms with E-state index in [1.807, 2.05) is 18.2 Å². The summed E-state index contributed by atoms with van der Waals surface area (Å²) in [7, 11) is -3.35. The number of carbonyl (C=O) groups excluding carboxylic acids is 2. The number of hydrogen-bond acceptors (Lipinski definition) is 6. The Morgan fingerprint density at radius 3 is 2.36 bits per heavy atom. The molecule has 0 aliphatic carbocycles. The maximum atomic E-state index is 12.8. The highest BCUT2D eigenvalue weighted by Crippen LogP contribution is 2.31. The van der Waals surface area contributed by atoms with Gasteiger partial charge in [0.05, 0.1) is 17.5 Å². The van der Waals surface area contributed by atoms with Crippen LogP contribution in [0.4, 0.5) is 5.69 Å². The minimum absolute atomic E-state index is 0.202. The van der Waals surface area contributed by atoms with Gasteiger partial charge in [0.25, 0.3) is 5.91 Å². The van der Waals surface area contributed by atoms with Crippen molar-refractivity contribution >= 4 is 27.6 Å². The lowest BCUT2D eigenvalue weighted by atomic mass is 10.1. The molecule has 1 saturated heterocycles. The highest BCUT2D eigenvalue weighted by atomic mass is 32.2. The molecule has 33 heavy (non-hydrogen) atoms. The number of anilines is 1. The molecule has 2 aromatic carbocycles. The van der Waals surface area contributed by atoms with Crippen molar-refractivity contribution in [3.8, 4) is 0 Å². The van der Waals surface area contributed by atoms with Crippen molar-refractivity contribution in [3.63, 3.8) is 0 Å². The van der Waals surface area contributed by atoms with E-state index < -0.39 is 22.1 Å². The first kappa shape index (κ1) is 23.3. The maximum absolute atomic E-state index is 12.8. The molecule has 0 bridgehead atoms. The molecule has 0 saturated carbocycles. The van der Waals surface area contributed by atoms with Crippen LogP contribution in [0.3, 0.4) is 0 Å². The lowest BCUT2D eigenvalue weighted by Gasteiger charge is -2.35. The van der Waals surface area contributed by atoms with Gasteiger partial charge in [-0.15, -0.1) is 0 Å². The Morgan fingerprint density at radius 2 is 1.70 bits per heavy atom. The van der Waals surface area contributed by atoms with Crippen molar-refractivity contribution < 1.29 is 22.7 Å². The number of amides is 1. The fourth-order valence-corrected chi connectivity index (χ4v) is 5.31. The van der Waals surface area contributed by atoms with Gasteiger partial charge in [-0.2, -0.15) is 0 Å². The summed E-state index contributed by atoms with van der Waals surface area (Å²) in [5, 5.41) is 0. The monoisotopic (exact) mass is 471 g/mol. The molecule has 4 rings (SSSR count). The number of piperazine rings is 1. The number of benzene rings is 2. The Labute approximate surface area is 194 Å². The number of esters is 1. The van der Waals surface area contributed by atoms with Crippen molar-refractivity contribution in [1.29, 1.82) is 0 Å². The van der Waals surface area contributed by atoms with E-state index in [2.05, 4.69) is 17.0 Å². The zero-order valence-electron chi connectivity index (χ0n) is 18.9. The second-order valence-corrected chi connectivity index (χ2v) is 10.5. The van der Waals surface area contributed by atoms with E-state index in [1.54, 1.807) is 30.0 Å². The SMILES string of the molecule is CC(OC(=O)c1ccc2c(c1)CCN2S(C)(=O)=O)C(=O)N1CCN(Cc2ccccc2)CC1. The van der Waals surface area contributed by atoms with Crippen molar-refractivity contribution in [2.75, 3.05) is 43.3 Å². The molecule has 0 N–H and O–H groups in total. The molecule has 2 aromatic rings. The Kier molecular flexibility index (Phi) is 6.71. The smallest absolute Gasteiger partial charge is 0.338 e. The first-order chi connectivity index (χ1) is 15.7. The summed E-state index contributed by atoms with van der Waals surface area (Å²) in [6.07, 6.45) is 0.809. The van der Waals surface area contributed by atoms with Gasteiger partial charge in [0.15, 0.2) is 6.10 Å². The number of sulfonamides is 1. The van der Waals surface area contributed by atoms with Crippen LogP contribution in [0.1, 0.15) is 28.4 Å². The van der Waals surface area contributed by atoms with Crippen LogP contribution < -0.4 is 4.31 Å². The fraction of sp³-hybridized carbons (Fsp3) is 0.417. The largest absolute Gasteiger partial charge is 0.449 e. The van der Waals surface area contributed by atoms with E-state index in [0.717, 1.165) is 25.2 Å². The Bertz CT molecular complexity index is 1130. The predicted molar refractivity (Wildman–Crippen MR) is 126 cm³/mol. The van der Waals surface area contributed by atoms with Gasteiger partial charge in [0, 0.05) is 39.3 Å². The van der Waals surface area contributed by atoms with Crippen LogP contribution in [0.25, 0.3) is 0 Å². The Balaban J connectivity index is 1.31. The van der Waals surface area contributed by atoms with Crippen molar-refractivity contribution in [2.45, 2.75) is 26.0 Å². The number of fused-ring (bicyclic) bond motifs is 1. The van der Waals surface area contributed by atoms with Crippen molar-refractivity contribution in [3.05, 3.63) is 65.2 Å². The zero-order valence-corrected chi connectivity index (χ0v) is 19.8. The second kappa shape index (κ2) is 9.52. The molecule has 1 fully saturated rings. The van der Waals surface area contributed by atoms with Gasteiger partial charge in [-0.05, 0) is 42.7 Å². The van der Waals surface area contributed by atoms with Gasteiger partial charge in [-0.3, -0.25) is 14.0 Å². The minimum atomic E-state index is -3.35. The molecular formula is C24H29N3O5S. The highest BCUT2D eigenvalue weighted by Gasteiger charge is 2.29. The molecule has 0 radical (unpaired) electrons. The topological polar surface area (TPSA) is 87.2 Å². The van der Waals surface area contributed by atoms with E-state index in [4.69, 9.17) is 4.74 Å². The van der Waals surface area contributed by atoms with Crippen LogP contribution in [-0.4, -0.2) is 75.2 Å².